The third kappa shape index (κ3) is 1.54. The largest absolute Gasteiger partial charge is 0.477 e. The molecule has 2 rings (SSSR count). The Kier molecular flexibility index (Phi) is 2.31. The fourth-order valence-corrected chi connectivity index (χ4v) is 1.67. The van der Waals surface area contributed by atoms with Gasteiger partial charge in [-0.25, -0.2) is 14.8 Å². The van der Waals surface area contributed by atoms with E-state index in [0.29, 0.717) is 16.1 Å². The number of hydrogen-bond acceptors (Lipinski definition) is 4. The van der Waals surface area contributed by atoms with Crippen LogP contribution in [0.4, 0.5) is 5.82 Å². The quantitative estimate of drug-likeness (QED) is 0.858. The van der Waals surface area contributed by atoms with Gasteiger partial charge < -0.3 is 10.4 Å². The molecule has 0 radical (unpaired) electrons. The molecule has 0 aliphatic rings. The van der Waals surface area contributed by atoms with Crippen molar-refractivity contribution >= 4 is 33.4 Å². The second-order valence-electron chi connectivity index (χ2n) is 2.80. The summed E-state index contributed by atoms with van der Waals surface area (Å²) >= 11 is 3.20. The Labute approximate surface area is 93.1 Å². The zero-order valence-corrected chi connectivity index (χ0v) is 9.32. The third-order valence-corrected chi connectivity index (χ3v) is 2.30. The van der Waals surface area contributed by atoms with Crippen LogP contribution in [0.15, 0.2) is 17.0 Å². The van der Waals surface area contributed by atoms with Crippen LogP contribution >= 0.6 is 15.9 Å². The third-order valence-electron chi connectivity index (χ3n) is 1.92. The highest BCUT2D eigenvalue weighted by Crippen LogP contribution is 2.18. The molecule has 0 unspecified atom stereocenters. The Hall–Kier alpha value is -1.63. The maximum atomic E-state index is 10.9. The van der Waals surface area contributed by atoms with E-state index in [-0.39, 0.29) is 5.69 Å². The number of anilines is 1. The number of hydrogen-bond donors (Lipinski definition) is 2. The smallest absolute Gasteiger partial charge is 0.354 e. The second-order valence-corrected chi connectivity index (χ2v) is 3.62. The summed E-state index contributed by atoms with van der Waals surface area (Å²) in [6, 6.07) is 0. The molecule has 2 heterocycles. The maximum Gasteiger partial charge on any atom is 0.354 e. The topological polar surface area (TPSA) is 79.5 Å². The molecule has 2 aromatic heterocycles. The molecule has 0 saturated carbocycles. The fraction of sp³-hybridized carbons (Fsp3) is 0.125. The molecule has 2 N–H and O–H groups in total. The molecule has 0 saturated heterocycles. The van der Waals surface area contributed by atoms with E-state index in [1.165, 1.54) is 10.6 Å². The summed E-state index contributed by atoms with van der Waals surface area (Å²) in [6.07, 6.45) is 2.86. The summed E-state index contributed by atoms with van der Waals surface area (Å²) in [5.41, 5.74) is 0.586. The van der Waals surface area contributed by atoms with Gasteiger partial charge in [0.25, 0.3) is 0 Å². The first kappa shape index (κ1) is 9.91. The van der Waals surface area contributed by atoms with Crippen molar-refractivity contribution in [3.05, 3.63) is 22.7 Å². The molecule has 0 fully saturated rings. The van der Waals surface area contributed by atoms with E-state index in [1.807, 2.05) is 0 Å². The minimum absolute atomic E-state index is 0.101. The van der Waals surface area contributed by atoms with Crippen molar-refractivity contribution in [2.24, 2.45) is 0 Å². The number of nitrogens with zero attached hydrogens (tertiary/aromatic N) is 3. The molecule has 2 aromatic rings. The van der Waals surface area contributed by atoms with Crippen LogP contribution in [0, 0.1) is 0 Å². The number of nitrogens with one attached hydrogen (secondary N) is 1. The van der Waals surface area contributed by atoms with E-state index in [0.717, 1.165) is 0 Å². The molecule has 7 heteroatoms. The van der Waals surface area contributed by atoms with Gasteiger partial charge in [-0.15, -0.1) is 0 Å². The SMILES string of the molecule is CNc1nc(Br)cn2c(C(=O)O)cnc12. The Bertz CT molecular complexity index is 537. The summed E-state index contributed by atoms with van der Waals surface area (Å²) in [5, 5.41) is 11.8. The van der Waals surface area contributed by atoms with Crippen molar-refractivity contribution < 1.29 is 9.90 Å². The second kappa shape index (κ2) is 3.50. The molecule has 0 bridgehead atoms. The lowest BCUT2D eigenvalue weighted by atomic mass is 10.5. The van der Waals surface area contributed by atoms with Crippen LogP contribution in [0.5, 0.6) is 0 Å². The van der Waals surface area contributed by atoms with E-state index in [1.54, 1.807) is 13.2 Å². The summed E-state index contributed by atoms with van der Waals surface area (Å²) in [4.78, 5) is 19.0. The van der Waals surface area contributed by atoms with Gasteiger partial charge in [0.15, 0.2) is 17.2 Å². The molecule has 0 aliphatic carbocycles. The van der Waals surface area contributed by atoms with E-state index < -0.39 is 5.97 Å². The van der Waals surface area contributed by atoms with Gasteiger partial charge >= 0.3 is 5.97 Å². The number of carboxylic acids is 1. The van der Waals surface area contributed by atoms with Crippen LogP contribution < -0.4 is 5.32 Å². The highest BCUT2D eigenvalue weighted by atomic mass is 79.9. The first-order chi connectivity index (χ1) is 7.13. The highest BCUT2D eigenvalue weighted by Gasteiger charge is 2.13. The highest BCUT2D eigenvalue weighted by molar-refractivity contribution is 9.10. The van der Waals surface area contributed by atoms with E-state index in [9.17, 15) is 4.79 Å². The summed E-state index contributed by atoms with van der Waals surface area (Å²) in [6.45, 7) is 0. The van der Waals surface area contributed by atoms with Gasteiger partial charge in [-0.1, -0.05) is 0 Å². The Morgan fingerprint density at radius 2 is 2.40 bits per heavy atom. The molecule has 0 atom stereocenters. The number of aromatic carboxylic acids is 1. The minimum Gasteiger partial charge on any atom is -0.477 e. The van der Waals surface area contributed by atoms with Crippen LogP contribution in [0.3, 0.4) is 0 Å². The number of aromatic nitrogens is 3. The number of carboxylic acid groups (broad SMARTS) is 1. The first-order valence-electron chi connectivity index (χ1n) is 4.08. The van der Waals surface area contributed by atoms with Crippen LogP contribution in [0.1, 0.15) is 10.5 Å². The van der Waals surface area contributed by atoms with Crippen molar-refractivity contribution in [2.75, 3.05) is 12.4 Å². The van der Waals surface area contributed by atoms with Gasteiger partial charge in [0, 0.05) is 13.2 Å². The minimum atomic E-state index is -1.03. The predicted octanol–water partition coefficient (Wildman–Crippen LogP) is 1.23. The molecular weight excluding hydrogens is 264 g/mol. The van der Waals surface area contributed by atoms with Crippen molar-refractivity contribution in [1.82, 2.24) is 14.4 Å². The van der Waals surface area contributed by atoms with Gasteiger partial charge in [0.05, 0.1) is 6.20 Å². The predicted molar refractivity (Wildman–Crippen MR) is 57.2 cm³/mol. The Morgan fingerprint density at radius 1 is 1.67 bits per heavy atom. The molecule has 6 nitrogen and oxygen atoms in total. The van der Waals surface area contributed by atoms with Gasteiger partial charge in [-0.05, 0) is 15.9 Å². The van der Waals surface area contributed by atoms with E-state index in [4.69, 9.17) is 5.11 Å². The maximum absolute atomic E-state index is 10.9. The van der Waals surface area contributed by atoms with E-state index >= 15 is 0 Å². The summed E-state index contributed by atoms with van der Waals surface area (Å²) < 4.78 is 2.01. The van der Waals surface area contributed by atoms with Gasteiger partial charge in [0.2, 0.25) is 0 Å². The van der Waals surface area contributed by atoms with Gasteiger partial charge in [0.1, 0.15) is 4.60 Å². The Morgan fingerprint density at radius 3 is 3.00 bits per heavy atom. The standard InChI is InChI=1S/C8H7BrN4O2/c1-10-6-7-11-2-4(8(14)15)13(7)3-5(9)12-6/h2-3H,1H3,(H,10,12)(H,14,15). The van der Waals surface area contributed by atoms with Gasteiger partial charge in [-0.3, -0.25) is 4.40 Å². The zero-order valence-electron chi connectivity index (χ0n) is 7.73. The van der Waals surface area contributed by atoms with Crippen molar-refractivity contribution in [3.63, 3.8) is 0 Å². The lowest BCUT2D eigenvalue weighted by Gasteiger charge is -2.03. The Balaban J connectivity index is 2.80. The summed E-state index contributed by atoms with van der Waals surface area (Å²) in [5.74, 6) is -0.500. The monoisotopic (exact) mass is 270 g/mol. The average Bonchev–Trinajstić information content (AvgIpc) is 2.59. The summed E-state index contributed by atoms with van der Waals surface area (Å²) in [7, 11) is 1.70. The van der Waals surface area contributed by atoms with Crippen LogP contribution in [0.25, 0.3) is 5.65 Å². The zero-order chi connectivity index (χ0) is 11.0. The van der Waals surface area contributed by atoms with Gasteiger partial charge in [-0.2, -0.15) is 0 Å². The fourth-order valence-electron chi connectivity index (χ4n) is 1.28. The lowest BCUT2D eigenvalue weighted by Crippen LogP contribution is -2.04. The van der Waals surface area contributed by atoms with Crippen LogP contribution in [-0.4, -0.2) is 32.5 Å². The molecule has 0 spiro atoms. The molecule has 0 amide bonds. The van der Waals surface area contributed by atoms with E-state index in [2.05, 4.69) is 31.2 Å². The number of rotatable bonds is 2. The average molecular weight is 271 g/mol. The molecular formula is C8H7BrN4O2. The number of carbonyl (C=O) groups is 1. The van der Waals surface area contributed by atoms with Crippen molar-refractivity contribution in [1.29, 1.82) is 0 Å². The lowest BCUT2D eigenvalue weighted by molar-refractivity contribution is 0.0689. The molecule has 0 aliphatic heterocycles. The van der Waals surface area contributed by atoms with Crippen molar-refractivity contribution in [3.8, 4) is 0 Å². The first-order valence-corrected chi connectivity index (χ1v) is 4.87. The molecule has 0 aromatic carbocycles. The van der Waals surface area contributed by atoms with Crippen LogP contribution in [-0.2, 0) is 0 Å². The number of halogens is 1. The molecule has 78 valence electrons. The van der Waals surface area contributed by atoms with Crippen LogP contribution in [0.2, 0.25) is 0 Å². The van der Waals surface area contributed by atoms with Crippen molar-refractivity contribution in [2.45, 2.75) is 0 Å². The normalized spacial score (nSPS) is 10.5. The number of imidazole rings is 1. The number of fused-ring (bicyclic) bond motifs is 1. The molecule has 15 heavy (non-hydrogen) atoms.